The zero-order chi connectivity index (χ0) is 20.1. The van der Waals surface area contributed by atoms with Crippen molar-refractivity contribution in [2.75, 3.05) is 32.7 Å². The highest BCUT2D eigenvalue weighted by molar-refractivity contribution is 5.79. The van der Waals surface area contributed by atoms with Gasteiger partial charge in [0.05, 0.1) is 6.54 Å². The molecule has 2 fully saturated rings. The number of benzene rings is 1. The van der Waals surface area contributed by atoms with Crippen molar-refractivity contribution in [3.63, 3.8) is 0 Å². The Labute approximate surface area is 170 Å². The first-order chi connectivity index (χ1) is 14.2. The van der Waals surface area contributed by atoms with Gasteiger partial charge in [0, 0.05) is 37.5 Å². The summed E-state index contributed by atoms with van der Waals surface area (Å²) < 4.78 is 5.39. The smallest absolute Gasteiger partial charge is 0.241 e. The van der Waals surface area contributed by atoms with Gasteiger partial charge >= 0.3 is 0 Å². The minimum absolute atomic E-state index is 0.0306. The molecule has 4 rings (SSSR count). The van der Waals surface area contributed by atoms with Gasteiger partial charge in [0.1, 0.15) is 0 Å². The maximum Gasteiger partial charge on any atom is 0.241 e. The zero-order valence-electron chi connectivity index (χ0n) is 16.5. The quantitative estimate of drug-likeness (QED) is 0.764. The first-order valence-electron chi connectivity index (χ1n) is 10.3. The molecule has 0 unspecified atom stereocenters. The molecule has 2 aliphatic rings. The van der Waals surface area contributed by atoms with E-state index in [9.17, 15) is 9.59 Å². The molecular formula is C21H27N5O3. The van der Waals surface area contributed by atoms with E-state index in [1.54, 1.807) is 0 Å². The maximum absolute atomic E-state index is 12.4. The summed E-state index contributed by atoms with van der Waals surface area (Å²) in [5.74, 6) is 1.53. The number of amides is 2. The molecule has 0 saturated carbocycles. The van der Waals surface area contributed by atoms with Gasteiger partial charge in [0.25, 0.3) is 0 Å². The van der Waals surface area contributed by atoms with Gasteiger partial charge in [-0.2, -0.15) is 4.98 Å². The second-order valence-electron chi connectivity index (χ2n) is 7.70. The fourth-order valence-electron chi connectivity index (χ4n) is 3.97. The summed E-state index contributed by atoms with van der Waals surface area (Å²) >= 11 is 0. The van der Waals surface area contributed by atoms with E-state index in [4.69, 9.17) is 4.52 Å². The Kier molecular flexibility index (Phi) is 6.19. The van der Waals surface area contributed by atoms with Crippen LogP contribution in [0.2, 0.25) is 0 Å². The van der Waals surface area contributed by atoms with Crippen molar-refractivity contribution < 1.29 is 14.1 Å². The molecule has 2 amide bonds. The lowest BCUT2D eigenvalue weighted by atomic mass is 9.96. The summed E-state index contributed by atoms with van der Waals surface area (Å²) in [4.78, 5) is 32.6. The molecular weight excluding hydrogens is 370 g/mol. The molecule has 2 saturated heterocycles. The lowest BCUT2D eigenvalue weighted by molar-refractivity contribution is -0.129. The van der Waals surface area contributed by atoms with E-state index >= 15 is 0 Å². The predicted molar refractivity (Wildman–Crippen MR) is 107 cm³/mol. The largest absolute Gasteiger partial charge is 0.354 e. The highest BCUT2D eigenvalue weighted by atomic mass is 16.5. The van der Waals surface area contributed by atoms with Crippen molar-refractivity contribution in [3.8, 4) is 11.4 Å². The van der Waals surface area contributed by atoms with Crippen LogP contribution < -0.4 is 5.32 Å². The van der Waals surface area contributed by atoms with Crippen LogP contribution in [0.25, 0.3) is 11.4 Å². The summed E-state index contributed by atoms with van der Waals surface area (Å²) in [5, 5.41) is 7.06. The lowest BCUT2D eigenvalue weighted by Crippen LogP contribution is -2.42. The number of aromatic nitrogens is 2. The Hall–Kier alpha value is -2.74. The highest BCUT2D eigenvalue weighted by Crippen LogP contribution is 2.20. The van der Waals surface area contributed by atoms with E-state index in [0.717, 1.165) is 44.5 Å². The average Bonchev–Trinajstić information content (AvgIpc) is 3.38. The van der Waals surface area contributed by atoms with Crippen LogP contribution in [0, 0.1) is 5.92 Å². The van der Waals surface area contributed by atoms with Crippen molar-refractivity contribution in [1.82, 2.24) is 25.3 Å². The van der Waals surface area contributed by atoms with Gasteiger partial charge in [-0.3, -0.25) is 14.5 Å². The normalized spacial score (nSPS) is 18.3. The first-order valence-corrected chi connectivity index (χ1v) is 10.3. The van der Waals surface area contributed by atoms with E-state index < -0.39 is 0 Å². The topological polar surface area (TPSA) is 91.6 Å². The van der Waals surface area contributed by atoms with Gasteiger partial charge in [-0.05, 0) is 32.4 Å². The van der Waals surface area contributed by atoms with Crippen LogP contribution in [0.4, 0.5) is 0 Å². The molecule has 0 radical (unpaired) electrons. The summed E-state index contributed by atoms with van der Waals surface area (Å²) in [6, 6.07) is 9.77. The van der Waals surface area contributed by atoms with Gasteiger partial charge in [-0.1, -0.05) is 35.5 Å². The molecule has 1 aromatic carbocycles. The van der Waals surface area contributed by atoms with Crippen LogP contribution >= 0.6 is 0 Å². The van der Waals surface area contributed by atoms with Gasteiger partial charge < -0.3 is 14.7 Å². The van der Waals surface area contributed by atoms with E-state index in [-0.39, 0.29) is 17.7 Å². The number of hydrogen-bond acceptors (Lipinski definition) is 6. The molecule has 8 heteroatoms. The van der Waals surface area contributed by atoms with E-state index in [1.165, 1.54) is 0 Å². The van der Waals surface area contributed by atoms with Crippen LogP contribution in [0.1, 0.15) is 31.6 Å². The summed E-state index contributed by atoms with van der Waals surface area (Å²) in [6.07, 6.45) is 3.19. The lowest BCUT2D eigenvalue weighted by Gasteiger charge is -2.30. The number of hydrogen-bond donors (Lipinski definition) is 1. The Balaban J connectivity index is 1.19. The average molecular weight is 397 g/mol. The summed E-state index contributed by atoms with van der Waals surface area (Å²) in [5.41, 5.74) is 0.938. The van der Waals surface area contributed by atoms with Crippen molar-refractivity contribution in [3.05, 3.63) is 36.2 Å². The summed E-state index contributed by atoms with van der Waals surface area (Å²) in [6.45, 7) is 4.22. The molecule has 0 atom stereocenters. The molecule has 2 aromatic rings. The molecule has 1 aromatic heterocycles. The van der Waals surface area contributed by atoms with Gasteiger partial charge in [0.2, 0.25) is 23.5 Å². The van der Waals surface area contributed by atoms with Crippen molar-refractivity contribution >= 4 is 11.8 Å². The number of carbonyl (C=O) groups is 2. The van der Waals surface area contributed by atoms with Crippen LogP contribution in [0.5, 0.6) is 0 Å². The fourth-order valence-corrected chi connectivity index (χ4v) is 3.97. The highest BCUT2D eigenvalue weighted by Gasteiger charge is 2.26. The number of carbonyl (C=O) groups excluding carboxylic acids is 2. The number of likely N-dealkylation sites (tertiary alicyclic amines) is 2. The fraction of sp³-hybridized carbons (Fsp3) is 0.524. The number of nitrogens with zero attached hydrogens (tertiary/aromatic N) is 4. The molecule has 154 valence electrons. The summed E-state index contributed by atoms with van der Waals surface area (Å²) in [7, 11) is 0. The van der Waals surface area contributed by atoms with Crippen LogP contribution in [0.3, 0.4) is 0 Å². The molecule has 0 spiro atoms. The SMILES string of the molecule is O=C(NCCN1CCCC1=O)C1CCN(Cc2nc(-c3ccccc3)no2)CC1. The second-order valence-corrected chi connectivity index (χ2v) is 7.70. The van der Waals surface area contributed by atoms with Gasteiger partial charge in [0.15, 0.2) is 0 Å². The third-order valence-electron chi connectivity index (χ3n) is 5.67. The molecule has 0 bridgehead atoms. The molecule has 8 nitrogen and oxygen atoms in total. The number of piperidine rings is 1. The van der Waals surface area contributed by atoms with Crippen molar-refractivity contribution in [1.29, 1.82) is 0 Å². The number of rotatable bonds is 7. The minimum atomic E-state index is 0.0306. The molecule has 0 aliphatic carbocycles. The Morgan fingerprint density at radius 2 is 1.97 bits per heavy atom. The van der Waals surface area contributed by atoms with E-state index in [2.05, 4.69) is 20.4 Å². The Morgan fingerprint density at radius 1 is 1.17 bits per heavy atom. The third kappa shape index (κ3) is 5.00. The van der Waals surface area contributed by atoms with Crippen molar-refractivity contribution in [2.45, 2.75) is 32.2 Å². The monoisotopic (exact) mass is 397 g/mol. The van der Waals surface area contributed by atoms with E-state index in [1.807, 2.05) is 35.2 Å². The van der Waals surface area contributed by atoms with Crippen molar-refractivity contribution in [2.24, 2.45) is 5.92 Å². The zero-order valence-corrected chi connectivity index (χ0v) is 16.5. The van der Waals surface area contributed by atoms with Crippen LogP contribution in [-0.4, -0.2) is 64.5 Å². The molecule has 2 aliphatic heterocycles. The Morgan fingerprint density at radius 3 is 2.69 bits per heavy atom. The standard InChI is InChI=1S/C21H27N5O3/c27-19-7-4-11-26(19)14-10-22-21(28)17-8-12-25(13-9-17)15-18-23-20(24-29-18)16-5-2-1-3-6-16/h1-3,5-6,17H,4,7-15H2,(H,22,28). The van der Waals surface area contributed by atoms with Gasteiger partial charge in [-0.25, -0.2) is 0 Å². The second kappa shape index (κ2) is 9.17. The molecule has 3 heterocycles. The Bertz CT molecular complexity index is 830. The van der Waals surface area contributed by atoms with Gasteiger partial charge in [-0.15, -0.1) is 0 Å². The van der Waals surface area contributed by atoms with E-state index in [0.29, 0.717) is 37.8 Å². The van der Waals surface area contributed by atoms with Crippen LogP contribution in [0.15, 0.2) is 34.9 Å². The first kappa shape index (κ1) is 19.6. The van der Waals surface area contributed by atoms with Crippen LogP contribution in [-0.2, 0) is 16.1 Å². The molecule has 29 heavy (non-hydrogen) atoms. The number of nitrogens with one attached hydrogen (secondary N) is 1. The predicted octanol–water partition coefficient (Wildman–Crippen LogP) is 1.69. The molecule has 1 N–H and O–H groups in total. The third-order valence-corrected chi connectivity index (χ3v) is 5.67. The minimum Gasteiger partial charge on any atom is -0.354 e. The maximum atomic E-state index is 12.4.